The lowest BCUT2D eigenvalue weighted by atomic mass is 10.3. The molecule has 0 aliphatic heterocycles. The van der Waals surface area contributed by atoms with E-state index in [2.05, 4.69) is 15.9 Å². The Bertz CT molecular complexity index is 303. The predicted molar refractivity (Wildman–Crippen MR) is 61.0 cm³/mol. The molecule has 0 amide bonds. The molecular formula is C9H10BrNOS. The maximum absolute atomic E-state index is 5.43. The highest BCUT2D eigenvalue weighted by Gasteiger charge is 1.98. The van der Waals surface area contributed by atoms with Gasteiger partial charge in [0.2, 0.25) is 0 Å². The van der Waals surface area contributed by atoms with Gasteiger partial charge in [0.1, 0.15) is 5.75 Å². The highest BCUT2D eigenvalue weighted by Crippen LogP contribution is 2.23. The minimum absolute atomic E-state index is 0.479. The topological polar surface area (TPSA) is 35.2 Å². The first kappa shape index (κ1) is 10.5. The Morgan fingerprint density at radius 2 is 2.15 bits per heavy atom. The summed E-state index contributed by atoms with van der Waals surface area (Å²) in [6.45, 7) is 0.526. The highest BCUT2D eigenvalue weighted by molar-refractivity contribution is 9.10. The molecule has 0 fully saturated rings. The fraction of sp³-hybridized carbons (Fsp3) is 0.222. The van der Waals surface area contributed by atoms with E-state index in [0.29, 0.717) is 18.0 Å². The molecule has 0 saturated carbocycles. The van der Waals surface area contributed by atoms with Crippen LogP contribution in [0.15, 0.2) is 28.7 Å². The summed E-state index contributed by atoms with van der Waals surface area (Å²) in [5.41, 5.74) is 5.33. The van der Waals surface area contributed by atoms with E-state index >= 15 is 0 Å². The number of hydrogen-bond acceptors (Lipinski definition) is 2. The Hall–Kier alpha value is -0.610. The van der Waals surface area contributed by atoms with Crippen molar-refractivity contribution < 1.29 is 4.74 Å². The van der Waals surface area contributed by atoms with Gasteiger partial charge < -0.3 is 10.5 Å². The van der Waals surface area contributed by atoms with Crippen LogP contribution in [0.2, 0.25) is 0 Å². The Labute approximate surface area is 91.2 Å². The molecule has 13 heavy (non-hydrogen) atoms. The Morgan fingerprint density at radius 1 is 1.46 bits per heavy atom. The zero-order chi connectivity index (χ0) is 9.68. The number of para-hydroxylation sites is 1. The number of hydrogen-bond donors (Lipinski definition) is 1. The fourth-order valence-electron chi connectivity index (χ4n) is 0.823. The Kier molecular flexibility index (Phi) is 4.18. The lowest BCUT2D eigenvalue weighted by Gasteiger charge is -2.06. The fourth-order valence-corrected chi connectivity index (χ4v) is 1.31. The summed E-state index contributed by atoms with van der Waals surface area (Å²) in [7, 11) is 0. The van der Waals surface area contributed by atoms with Crippen molar-refractivity contribution in [3.63, 3.8) is 0 Å². The molecule has 1 rings (SSSR count). The minimum atomic E-state index is 0.479. The van der Waals surface area contributed by atoms with E-state index in [4.69, 9.17) is 22.7 Å². The molecule has 70 valence electrons. The number of benzene rings is 1. The van der Waals surface area contributed by atoms with Gasteiger partial charge in [-0.2, -0.15) is 0 Å². The number of halogens is 1. The van der Waals surface area contributed by atoms with E-state index in [1.807, 2.05) is 24.3 Å². The molecule has 1 aromatic carbocycles. The second-order valence-electron chi connectivity index (χ2n) is 2.50. The summed E-state index contributed by atoms with van der Waals surface area (Å²) in [5.74, 6) is 0.818. The SMILES string of the molecule is NC(=S)CCOc1ccccc1Br. The number of thiocarbonyl (C=S) groups is 1. The van der Waals surface area contributed by atoms with E-state index in [0.717, 1.165) is 10.2 Å². The molecule has 0 aromatic heterocycles. The first-order chi connectivity index (χ1) is 6.20. The molecule has 0 bridgehead atoms. The van der Waals surface area contributed by atoms with Gasteiger partial charge in [0.15, 0.2) is 0 Å². The van der Waals surface area contributed by atoms with Crippen LogP contribution in [0, 0.1) is 0 Å². The smallest absolute Gasteiger partial charge is 0.133 e. The van der Waals surface area contributed by atoms with Crippen molar-refractivity contribution in [2.75, 3.05) is 6.61 Å². The second-order valence-corrected chi connectivity index (χ2v) is 3.87. The van der Waals surface area contributed by atoms with Gasteiger partial charge in [0.05, 0.1) is 16.1 Å². The van der Waals surface area contributed by atoms with Crippen molar-refractivity contribution in [1.29, 1.82) is 0 Å². The molecule has 1 aromatic rings. The molecule has 0 aliphatic rings. The van der Waals surface area contributed by atoms with E-state index < -0.39 is 0 Å². The molecule has 2 nitrogen and oxygen atoms in total. The van der Waals surface area contributed by atoms with Crippen LogP contribution >= 0.6 is 28.1 Å². The van der Waals surface area contributed by atoms with E-state index in [1.54, 1.807) is 0 Å². The third-order valence-electron chi connectivity index (χ3n) is 1.44. The average Bonchev–Trinajstić information content (AvgIpc) is 2.08. The van der Waals surface area contributed by atoms with Crippen molar-refractivity contribution in [2.45, 2.75) is 6.42 Å². The van der Waals surface area contributed by atoms with Gasteiger partial charge in [-0.05, 0) is 28.1 Å². The van der Waals surface area contributed by atoms with E-state index in [-0.39, 0.29) is 0 Å². The van der Waals surface area contributed by atoms with Crippen LogP contribution in [0.4, 0.5) is 0 Å². The van der Waals surface area contributed by atoms with Gasteiger partial charge in [0, 0.05) is 6.42 Å². The van der Waals surface area contributed by atoms with Gasteiger partial charge in [0.25, 0.3) is 0 Å². The molecule has 0 unspecified atom stereocenters. The monoisotopic (exact) mass is 259 g/mol. The normalized spacial score (nSPS) is 9.62. The molecule has 4 heteroatoms. The lowest BCUT2D eigenvalue weighted by molar-refractivity contribution is 0.327. The van der Waals surface area contributed by atoms with E-state index in [9.17, 15) is 0 Å². The van der Waals surface area contributed by atoms with Crippen molar-refractivity contribution in [1.82, 2.24) is 0 Å². The third-order valence-corrected chi connectivity index (χ3v) is 2.30. The van der Waals surface area contributed by atoms with E-state index in [1.165, 1.54) is 0 Å². The first-order valence-electron chi connectivity index (χ1n) is 3.86. The van der Waals surface area contributed by atoms with Crippen LogP contribution in [-0.4, -0.2) is 11.6 Å². The summed E-state index contributed by atoms with van der Waals surface area (Å²) < 4.78 is 6.38. The Balaban J connectivity index is 2.45. The van der Waals surface area contributed by atoms with Crippen molar-refractivity contribution in [3.05, 3.63) is 28.7 Å². The number of ether oxygens (including phenoxy) is 1. The van der Waals surface area contributed by atoms with Crippen LogP contribution in [0.25, 0.3) is 0 Å². The average molecular weight is 260 g/mol. The van der Waals surface area contributed by atoms with Crippen LogP contribution in [0.1, 0.15) is 6.42 Å². The number of rotatable bonds is 4. The summed E-state index contributed by atoms with van der Waals surface area (Å²) in [4.78, 5) is 0.479. The third kappa shape index (κ3) is 3.74. The summed E-state index contributed by atoms with van der Waals surface area (Å²) >= 11 is 8.10. The summed E-state index contributed by atoms with van der Waals surface area (Å²) in [6, 6.07) is 7.67. The molecule has 0 spiro atoms. The maximum Gasteiger partial charge on any atom is 0.133 e. The predicted octanol–water partition coefficient (Wildman–Crippen LogP) is 2.50. The standard InChI is InChI=1S/C9H10BrNOS/c10-7-3-1-2-4-8(7)12-6-5-9(11)13/h1-4H,5-6H2,(H2,11,13). The Morgan fingerprint density at radius 3 is 2.77 bits per heavy atom. The second kappa shape index (κ2) is 5.19. The summed E-state index contributed by atoms with van der Waals surface area (Å²) in [5, 5.41) is 0. The molecule has 0 radical (unpaired) electrons. The summed E-state index contributed by atoms with van der Waals surface area (Å²) in [6.07, 6.45) is 0.608. The van der Waals surface area contributed by atoms with Crippen LogP contribution < -0.4 is 10.5 Å². The number of nitrogens with two attached hydrogens (primary N) is 1. The molecule has 0 atom stereocenters. The highest BCUT2D eigenvalue weighted by atomic mass is 79.9. The van der Waals surface area contributed by atoms with Gasteiger partial charge in [-0.3, -0.25) is 0 Å². The molecule has 2 N–H and O–H groups in total. The molecule has 0 heterocycles. The lowest BCUT2D eigenvalue weighted by Crippen LogP contribution is -2.12. The van der Waals surface area contributed by atoms with Gasteiger partial charge in [-0.25, -0.2) is 0 Å². The molecular weight excluding hydrogens is 250 g/mol. The molecule has 0 saturated heterocycles. The van der Waals surface area contributed by atoms with Gasteiger partial charge >= 0.3 is 0 Å². The van der Waals surface area contributed by atoms with Crippen molar-refractivity contribution >= 4 is 33.1 Å². The zero-order valence-corrected chi connectivity index (χ0v) is 9.40. The maximum atomic E-state index is 5.43. The van der Waals surface area contributed by atoms with Gasteiger partial charge in [-0.1, -0.05) is 24.4 Å². The van der Waals surface area contributed by atoms with Crippen molar-refractivity contribution in [3.8, 4) is 5.75 Å². The first-order valence-corrected chi connectivity index (χ1v) is 5.06. The molecule has 0 aliphatic carbocycles. The minimum Gasteiger partial charge on any atom is -0.492 e. The zero-order valence-electron chi connectivity index (χ0n) is 7.00. The van der Waals surface area contributed by atoms with Crippen LogP contribution in [0.5, 0.6) is 5.75 Å². The largest absolute Gasteiger partial charge is 0.492 e. The van der Waals surface area contributed by atoms with Gasteiger partial charge in [-0.15, -0.1) is 0 Å². The van der Waals surface area contributed by atoms with Crippen LogP contribution in [-0.2, 0) is 0 Å². The van der Waals surface area contributed by atoms with Crippen LogP contribution in [0.3, 0.4) is 0 Å². The quantitative estimate of drug-likeness (QED) is 0.845. The van der Waals surface area contributed by atoms with Crippen molar-refractivity contribution in [2.24, 2.45) is 5.73 Å².